The number of nitrogen functional groups attached to an aromatic ring is 1. The first-order chi connectivity index (χ1) is 5.83. The van der Waals surface area contributed by atoms with Gasteiger partial charge in [0.05, 0.1) is 17.4 Å². The molecule has 1 aromatic carbocycles. The monoisotopic (exact) mass is 234 g/mol. The van der Waals surface area contributed by atoms with Crippen molar-refractivity contribution in [3.8, 4) is 0 Å². The van der Waals surface area contributed by atoms with Crippen molar-refractivity contribution < 1.29 is 0 Å². The van der Waals surface area contributed by atoms with E-state index < -0.39 is 0 Å². The highest BCUT2D eigenvalue weighted by Crippen LogP contribution is 2.23. The molecule has 0 aliphatic rings. The second-order valence-electron chi connectivity index (χ2n) is 2.73. The van der Waals surface area contributed by atoms with Crippen LogP contribution in [0, 0.1) is 6.92 Å². The summed E-state index contributed by atoms with van der Waals surface area (Å²) in [4.78, 5) is 0. The van der Waals surface area contributed by atoms with E-state index in [-0.39, 0.29) is 24.8 Å². The average molecular weight is 235 g/mol. The normalized spacial score (nSPS) is 9.00. The van der Waals surface area contributed by atoms with Crippen molar-refractivity contribution in [1.82, 2.24) is 10.2 Å². The number of aromatic nitrogens is 2. The molecule has 0 spiro atoms. The van der Waals surface area contributed by atoms with E-state index in [2.05, 4.69) is 15.6 Å². The van der Waals surface area contributed by atoms with Crippen molar-refractivity contribution in [3.63, 3.8) is 0 Å². The van der Waals surface area contributed by atoms with E-state index in [1.165, 1.54) is 0 Å². The van der Waals surface area contributed by atoms with Crippen LogP contribution in [0.1, 0.15) is 5.56 Å². The SMILES string of the molecule is Cc1ccc2[nH]ncc2c1NN.Cl.Cl. The third-order valence-electron chi connectivity index (χ3n) is 1.98. The van der Waals surface area contributed by atoms with Crippen LogP contribution in [0.5, 0.6) is 0 Å². The average Bonchev–Trinajstić information content (AvgIpc) is 2.52. The van der Waals surface area contributed by atoms with Gasteiger partial charge in [-0.2, -0.15) is 5.10 Å². The Hall–Kier alpha value is -0.970. The van der Waals surface area contributed by atoms with Crippen LogP contribution in [0.25, 0.3) is 10.9 Å². The van der Waals surface area contributed by atoms with Crippen LogP contribution in [0.4, 0.5) is 5.69 Å². The summed E-state index contributed by atoms with van der Waals surface area (Å²) < 4.78 is 0. The van der Waals surface area contributed by atoms with Crippen LogP contribution in [0.15, 0.2) is 18.3 Å². The smallest absolute Gasteiger partial charge is 0.0671 e. The predicted octanol–water partition coefficient (Wildman–Crippen LogP) is 2.00. The summed E-state index contributed by atoms with van der Waals surface area (Å²) in [5.74, 6) is 5.38. The summed E-state index contributed by atoms with van der Waals surface area (Å²) in [6.07, 6.45) is 1.76. The fourth-order valence-corrected chi connectivity index (χ4v) is 1.32. The maximum atomic E-state index is 5.38. The molecule has 0 unspecified atom stereocenters. The van der Waals surface area contributed by atoms with Crippen LogP contribution in [0.2, 0.25) is 0 Å². The van der Waals surface area contributed by atoms with E-state index in [1.54, 1.807) is 6.20 Å². The van der Waals surface area contributed by atoms with Crippen LogP contribution in [-0.4, -0.2) is 10.2 Å². The number of nitrogens with zero attached hydrogens (tertiary/aromatic N) is 1. The van der Waals surface area contributed by atoms with Gasteiger partial charge in [0.15, 0.2) is 0 Å². The Labute approximate surface area is 94.0 Å². The number of hydrazine groups is 1. The first-order valence-electron chi connectivity index (χ1n) is 3.72. The zero-order chi connectivity index (χ0) is 8.55. The number of nitrogens with two attached hydrogens (primary N) is 1. The molecule has 0 fully saturated rings. The molecule has 0 atom stereocenters. The summed E-state index contributed by atoms with van der Waals surface area (Å²) in [6, 6.07) is 3.98. The molecule has 4 N–H and O–H groups in total. The molecule has 0 aliphatic carbocycles. The van der Waals surface area contributed by atoms with Gasteiger partial charge in [-0.15, -0.1) is 24.8 Å². The molecule has 0 radical (unpaired) electrons. The van der Waals surface area contributed by atoms with Crippen molar-refractivity contribution in [3.05, 3.63) is 23.9 Å². The number of fused-ring (bicyclic) bond motifs is 1. The summed E-state index contributed by atoms with van der Waals surface area (Å²) in [7, 11) is 0. The van der Waals surface area contributed by atoms with Gasteiger partial charge in [-0.1, -0.05) is 6.07 Å². The Kier molecular flexibility index (Phi) is 4.70. The molecule has 0 amide bonds. The molecule has 14 heavy (non-hydrogen) atoms. The molecular weight excluding hydrogens is 223 g/mol. The van der Waals surface area contributed by atoms with Gasteiger partial charge in [-0.3, -0.25) is 10.9 Å². The standard InChI is InChI=1S/C8H10N4.2ClH/c1-5-2-3-7-6(4-10-12-7)8(5)11-9;;/h2-4,11H,9H2,1H3,(H,10,12);2*1H. The Morgan fingerprint density at radius 2 is 2.07 bits per heavy atom. The van der Waals surface area contributed by atoms with Crippen molar-refractivity contribution in [2.45, 2.75) is 6.92 Å². The fourth-order valence-electron chi connectivity index (χ4n) is 1.32. The van der Waals surface area contributed by atoms with E-state index in [0.29, 0.717) is 0 Å². The van der Waals surface area contributed by atoms with E-state index in [0.717, 1.165) is 22.2 Å². The van der Waals surface area contributed by atoms with Crippen LogP contribution >= 0.6 is 24.8 Å². The number of aryl methyl sites for hydroxylation is 1. The minimum absolute atomic E-state index is 0. The highest BCUT2D eigenvalue weighted by atomic mass is 35.5. The van der Waals surface area contributed by atoms with Gasteiger partial charge in [0.25, 0.3) is 0 Å². The van der Waals surface area contributed by atoms with Gasteiger partial charge in [0.2, 0.25) is 0 Å². The first-order valence-corrected chi connectivity index (χ1v) is 3.72. The highest BCUT2D eigenvalue weighted by Gasteiger charge is 2.03. The van der Waals surface area contributed by atoms with Gasteiger partial charge in [-0.05, 0) is 18.6 Å². The minimum atomic E-state index is 0. The summed E-state index contributed by atoms with van der Waals surface area (Å²) in [6.45, 7) is 2.00. The quantitative estimate of drug-likeness (QED) is 0.523. The third kappa shape index (κ3) is 1.92. The van der Waals surface area contributed by atoms with E-state index >= 15 is 0 Å². The number of aromatic amines is 1. The first kappa shape index (κ1) is 13.0. The number of H-pyrrole nitrogens is 1. The molecule has 1 heterocycles. The number of rotatable bonds is 1. The largest absolute Gasteiger partial charge is 0.323 e. The van der Waals surface area contributed by atoms with Crippen molar-refractivity contribution in [2.75, 3.05) is 5.43 Å². The van der Waals surface area contributed by atoms with E-state index in [1.807, 2.05) is 19.1 Å². The zero-order valence-corrected chi connectivity index (χ0v) is 9.21. The Balaban J connectivity index is 0.000000845. The molecule has 0 saturated carbocycles. The predicted molar refractivity (Wildman–Crippen MR) is 63.1 cm³/mol. The summed E-state index contributed by atoms with van der Waals surface area (Å²) in [5.41, 5.74) is 5.71. The molecule has 2 rings (SSSR count). The Morgan fingerprint density at radius 1 is 1.36 bits per heavy atom. The highest BCUT2D eigenvalue weighted by molar-refractivity contribution is 5.92. The van der Waals surface area contributed by atoms with E-state index in [4.69, 9.17) is 5.84 Å². The molecule has 0 bridgehead atoms. The fraction of sp³-hybridized carbons (Fsp3) is 0.125. The lowest BCUT2D eigenvalue weighted by Gasteiger charge is -2.04. The van der Waals surface area contributed by atoms with Crippen LogP contribution in [-0.2, 0) is 0 Å². The van der Waals surface area contributed by atoms with E-state index in [9.17, 15) is 0 Å². The second-order valence-corrected chi connectivity index (χ2v) is 2.73. The lowest BCUT2D eigenvalue weighted by atomic mass is 10.1. The molecule has 1 aromatic heterocycles. The molecule has 6 heteroatoms. The van der Waals surface area contributed by atoms with Gasteiger partial charge in [0.1, 0.15) is 0 Å². The van der Waals surface area contributed by atoms with Gasteiger partial charge < -0.3 is 5.43 Å². The number of nitrogens with one attached hydrogen (secondary N) is 2. The molecule has 4 nitrogen and oxygen atoms in total. The Morgan fingerprint density at radius 3 is 2.71 bits per heavy atom. The number of anilines is 1. The van der Waals surface area contributed by atoms with Crippen LogP contribution < -0.4 is 11.3 Å². The summed E-state index contributed by atoms with van der Waals surface area (Å²) >= 11 is 0. The molecule has 0 saturated heterocycles. The van der Waals surface area contributed by atoms with Gasteiger partial charge in [0, 0.05) is 5.39 Å². The van der Waals surface area contributed by atoms with Gasteiger partial charge >= 0.3 is 0 Å². The van der Waals surface area contributed by atoms with Crippen molar-refractivity contribution >= 4 is 41.4 Å². The lowest BCUT2D eigenvalue weighted by molar-refractivity contribution is 1.12. The Bertz CT molecular complexity index is 413. The molecular formula is C8H12Cl2N4. The van der Waals surface area contributed by atoms with Crippen molar-refractivity contribution in [1.29, 1.82) is 0 Å². The maximum absolute atomic E-state index is 5.38. The topological polar surface area (TPSA) is 66.7 Å². The molecule has 78 valence electrons. The number of halogens is 2. The van der Waals surface area contributed by atoms with Crippen LogP contribution in [0.3, 0.4) is 0 Å². The maximum Gasteiger partial charge on any atom is 0.0671 e. The second kappa shape index (κ2) is 5.05. The number of hydrogen-bond acceptors (Lipinski definition) is 3. The lowest BCUT2D eigenvalue weighted by Crippen LogP contribution is -2.08. The number of benzene rings is 1. The molecule has 0 aliphatic heterocycles. The van der Waals surface area contributed by atoms with Gasteiger partial charge in [-0.25, -0.2) is 0 Å². The van der Waals surface area contributed by atoms with Crippen molar-refractivity contribution in [2.24, 2.45) is 5.84 Å². The number of hydrogen-bond donors (Lipinski definition) is 3. The summed E-state index contributed by atoms with van der Waals surface area (Å²) in [5, 5.41) is 7.83. The molecule has 2 aromatic rings. The zero-order valence-electron chi connectivity index (χ0n) is 7.57. The third-order valence-corrected chi connectivity index (χ3v) is 1.98. The minimum Gasteiger partial charge on any atom is -0.323 e.